The maximum absolute atomic E-state index is 14.3. The first kappa shape index (κ1) is 21.4. The highest BCUT2D eigenvalue weighted by Gasteiger charge is 2.29. The Morgan fingerprint density at radius 2 is 1.93 bits per heavy atom. The second kappa shape index (κ2) is 8.19. The van der Waals surface area contributed by atoms with Gasteiger partial charge in [0, 0.05) is 24.1 Å². The molecule has 1 aromatic heterocycles. The SMILES string of the molecule is CC(C)(C)c1nc(CNC(=O)c2ccc(F)c(S(=O)(=O)N3CCCCC3)c2)no1. The summed E-state index contributed by atoms with van der Waals surface area (Å²) in [5, 5.41) is 6.42. The summed E-state index contributed by atoms with van der Waals surface area (Å²) in [6.45, 7) is 6.48. The molecular formula is C19H25FN4O4S. The molecule has 3 rings (SSSR count). The molecule has 29 heavy (non-hydrogen) atoms. The van der Waals surface area contributed by atoms with Crippen LogP contribution in [0, 0.1) is 5.82 Å². The third kappa shape index (κ3) is 4.81. The van der Waals surface area contributed by atoms with Gasteiger partial charge in [0.2, 0.25) is 15.9 Å². The lowest BCUT2D eigenvalue weighted by Crippen LogP contribution is -2.36. The molecule has 0 unspecified atom stereocenters. The van der Waals surface area contributed by atoms with Crippen LogP contribution in [0.25, 0.3) is 0 Å². The molecule has 1 aliphatic heterocycles. The number of hydrogen-bond acceptors (Lipinski definition) is 6. The molecule has 0 radical (unpaired) electrons. The van der Waals surface area contributed by atoms with Crippen LogP contribution in [0.4, 0.5) is 4.39 Å². The van der Waals surface area contributed by atoms with Crippen LogP contribution in [0.2, 0.25) is 0 Å². The maximum atomic E-state index is 14.3. The summed E-state index contributed by atoms with van der Waals surface area (Å²) in [5.41, 5.74) is -0.272. The Hall–Kier alpha value is -2.33. The van der Waals surface area contributed by atoms with Gasteiger partial charge in [-0.3, -0.25) is 4.79 Å². The van der Waals surface area contributed by atoms with Crippen LogP contribution >= 0.6 is 0 Å². The number of benzene rings is 1. The fraction of sp³-hybridized carbons (Fsp3) is 0.526. The first-order valence-corrected chi connectivity index (χ1v) is 10.9. The average Bonchev–Trinajstić information content (AvgIpc) is 3.16. The Labute approximate surface area is 169 Å². The van der Waals surface area contributed by atoms with Crippen LogP contribution in [-0.2, 0) is 22.0 Å². The summed E-state index contributed by atoms with van der Waals surface area (Å²) in [4.78, 5) is 16.2. The monoisotopic (exact) mass is 424 g/mol. The smallest absolute Gasteiger partial charge is 0.251 e. The Balaban J connectivity index is 1.75. The molecule has 1 aromatic carbocycles. The molecule has 2 heterocycles. The van der Waals surface area contributed by atoms with Gasteiger partial charge in [-0.2, -0.15) is 9.29 Å². The van der Waals surface area contributed by atoms with Gasteiger partial charge in [-0.05, 0) is 31.0 Å². The van der Waals surface area contributed by atoms with E-state index in [-0.39, 0.29) is 17.5 Å². The summed E-state index contributed by atoms with van der Waals surface area (Å²) < 4.78 is 46.3. The van der Waals surface area contributed by atoms with Crippen LogP contribution in [0.5, 0.6) is 0 Å². The van der Waals surface area contributed by atoms with Gasteiger partial charge in [0.25, 0.3) is 5.91 Å². The normalized spacial score (nSPS) is 16.0. The van der Waals surface area contributed by atoms with Gasteiger partial charge in [0.05, 0.1) is 6.54 Å². The fourth-order valence-corrected chi connectivity index (χ4v) is 4.59. The fourth-order valence-electron chi connectivity index (χ4n) is 2.98. The quantitative estimate of drug-likeness (QED) is 0.791. The Morgan fingerprint density at radius 3 is 2.55 bits per heavy atom. The largest absolute Gasteiger partial charge is 0.345 e. The molecule has 158 valence electrons. The Bertz CT molecular complexity index is 992. The lowest BCUT2D eigenvalue weighted by Gasteiger charge is -2.26. The minimum Gasteiger partial charge on any atom is -0.345 e. The number of amides is 1. The molecule has 0 saturated carbocycles. The first-order valence-electron chi connectivity index (χ1n) is 9.50. The van der Waals surface area contributed by atoms with Crippen molar-refractivity contribution < 1.29 is 22.1 Å². The predicted octanol–water partition coefficient (Wildman–Crippen LogP) is 2.61. The highest BCUT2D eigenvalue weighted by atomic mass is 32.2. The van der Waals surface area contributed by atoms with E-state index >= 15 is 0 Å². The van der Waals surface area contributed by atoms with E-state index in [1.165, 1.54) is 10.4 Å². The predicted molar refractivity (Wildman–Crippen MR) is 103 cm³/mol. The zero-order valence-corrected chi connectivity index (χ0v) is 17.6. The molecular weight excluding hydrogens is 399 g/mol. The molecule has 0 atom stereocenters. The second-order valence-corrected chi connectivity index (χ2v) is 9.96. The van der Waals surface area contributed by atoms with Crippen molar-refractivity contribution in [2.24, 2.45) is 0 Å². The van der Waals surface area contributed by atoms with Crippen LogP contribution < -0.4 is 5.32 Å². The molecule has 1 N–H and O–H groups in total. The van der Waals surface area contributed by atoms with Gasteiger partial charge in [-0.25, -0.2) is 12.8 Å². The number of aromatic nitrogens is 2. The summed E-state index contributed by atoms with van der Waals surface area (Å²) in [5.74, 6) is -0.688. The number of sulfonamides is 1. The highest BCUT2D eigenvalue weighted by Crippen LogP contribution is 2.24. The van der Waals surface area contributed by atoms with E-state index in [9.17, 15) is 17.6 Å². The van der Waals surface area contributed by atoms with Gasteiger partial charge in [-0.15, -0.1) is 0 Å². The van der Waals surface area contributed by atoms with Crippen molar-refractivity contribution >= 4 is 15.9 Å². The van der Waals surface area contributed by atoms with E-state index in [2.05, 4.69) is 15.5 Å². The summed E-state index contributed by atoms with van der Waals surface area (Å²) in [7, 11) is -3.99. The number of piperidine rings is 1. The number of halogens is 1. The Morgan fingerprint density at radius 1 is 1.24 bits per heavy atom. The van der Waals surface area contributed by atoms with Crippen LogP contribution in [0.3, 0.4) is 0 Å². The van der Waals surface area contributed by atoms with E-state index in [0.29, 0.717) is 24.8 Å². The van der Waals surface area contributed by atoms with Crippen molar-refractivity contribution in [2.45, 2.75) is 56.9 Å². The minimum atomic E-state index is -3.99. The Kier molecular flexibility index (Phi) is 6.04. The second-order valence-electron chi connectivity index (χ2n) is 8.06. The van der Waals surface area contributed by atoms with Crippen molar-refractivity contribution in [1.82, 2.24) is 19.8 Å². The van der Waals surface area contributed by atoms with E-state index in [4.69, 9.17) is 4.52 Å². The molecule has 2 aromatic rings. The molecule has 0 spiro atoms. The van der Waals surface area contributed by atoms with Crippen molar-refractivity contribution in [1.29, 1.82) is 0 Å². The molecule has 1 saturated heterocycles. The summed E-state index contributed by atoms with van der Waals surface area (Å²) in [6.07, 6.45) is 2.43. The zero-order chi connectivity index (χ0) is 21.2. The van der Waals surface area contributed by atoms with Crippen molar-refractivity contribution in [2.75, 3.05) is 13.1 Å². The third-order valence-corrected chi connectivity index (χ3v) is 6.56. The molecule has 1 aliphatic rings. The van der Waals surface area contributed by atoms with E-state index in [0.717, 1.165) is 31.4 Å². The van der Waals surface area contributed by atoms with Crippen molar-refractivity contribution in [3.63, 3.8) is 0 Å². The maximum Gasteiger partial charge on any atom is 0.251 e. The van der Waals surface area contributed by atoms with Crippen LogP contribution in [0.15, 0.2) is 27.6 Å². The van der Waals surface area contributed by atoms with Crippen LogP contribution in [0.1, 0.15) is 62.1 Å². The minimum absolute atomic E-state index is 0.00397. The van der Waals surface area contributed by atoms with E-state index in [1.807, 2.05) is 20.8 Å². The van der Waals surface area contributed by atoms with Gasteiger partial charge in [-0.1, -0.05) is 32.3 Å². The van der Waals surface area contributed by atoms with Gasteiger partial charge >= 0.3 is 0 Å². The first-order chi connectivity index (χ1) is 13.6. The number of carbonyl (C=O) groups is 1. The molecule has 0 aliphatic carbocycles. The average molecular weight is 424 g/mol. The number of carbonyl (C=O) groups excluding carboxylic acids is 1. The number of nitrogens with zero attached hydrogens (tertiary/aromatic N) is 3. The number of rotatable bonds is 5. The molecule has 8 nitrogen and oxygen atoms in total. The lowest BCUT2D eigenvalue weighted by molar-refractivity contribution is 0.0949. The number of nitrogens with one attached hydrogen (secondary N) is 1. The van der Waals surface area contributed by atoms with Gasteiger partial charge in [0.1, 0.15) is 10.7 Å². The molecule has 0 bridgehead atoms. The highest BCUT2D eigenvalue weighted by molar-refractivity contribution is 7.89. The zero-order valence-electron chi connectivity index (χ0n) is 16.7. The molecule has 1 amide bonds. The third-order valence-electron chi connectivity index (χ3n) is 4.64. The molecule has 1 fully saturated rings. The number of hydrogen-bond donors (Lipinski definition) is 1. The van der Waals surface area contributed by atoms with Gasteiger partial charge < -0.3 is 9.84 Å². The van der Waals surface area contributed by atoms with Crippen LogP contribution in [-0.4, -0.2) is 41.9 Å². The van der Waals surface area contributed by atoms with Crippen molar-refractivity contribution in [3.8, 4) is 0 Å². The standard InChI is InChI=1S/C19H25FN4O4S/c1-19(2,3)18-22-16(23-28-18)12-21-17(25)13-7-8-14(20)15(11-13)29(26,27)24-9-5-4-6-10-24/h7-8,11H,4-6,9-10,12H2,1-3H3,(H,21,25). The summed E-state index contributed by atoms with van der Waals surface area (Å²) in [6, 6.07) is 3.32. The topological polar surface area (TPSA) is 105 Å². The van der Waals surface area contributed by atoms with E-state index < -0.39 is 26.6 Å². The lowest BCUT2D eigenvalue weighted by atomic mass is 9.97. The summed E-state index contributed by atoms with van der Waals surface area (Å²) >= 11 is 0. The molecule has 10 heteroatoms. The van der Waals surface area contributed by atoms with E-state index in [1.54, 1.807) is 0 Å². The van der Waals surface area contributed by atoms with Gasteiger partial charge in [0.15, 0.2) is 5.82 Å². The van der Waals surface area contributed by atoms with Crippen molar-refractivity contribution in [3.05, 3.63) is 41.3 Å².